The number of unbranched alkanes of at least 4 members (excludes halogenated alkanes) is 5. The molecule has 2 rings (SSSR count). The number of aromatic nitrogens is 4. The molecule has 0 atom stereocenters. The van der Waals surface area contributed by atoms with Crippen LogP contribution in [0.4, 0.5) is 0 Å². The van der Waals surface area contributed by atoms with Crippen molar-refractivity contribution < 1.29 is 0 Å². The zero-order valence-corrected chi connectivity index (χ0v) is 13.6. The molecule has 0 radical (unpaired) electrons. The molecule has 0 unspecified atom stereocenters. The van der Waals surface area contributed by atoms with Gasteiger partial charge in [0.15, 0.2) is 0 Å². The second-order valence-electron chi connectivity index (χ2n) is 5.31. The Morgan fingerprint density at radius 2 is 1.14 bits per heavy atom. The van der Waals surface area contributed by atoms with Crippen LogP contribution in [0.15, 0.2) is 36.9 Å². The van der Waals surface area contributed by atoms with E-state index in [1.165, 1.54) is 44.9 Å². The fraction of sp³-hybridized carbons (Fsp3) is 0.647. The highest BCUT2D eigenvalue weighted by Gasteiger charge is 1.89. The van der Waals surface area contributed by atoms with Gasteiger partial charge in [-0.3, -0.25) is 9.36 Å². The number of rotatable bonds is 9. The quantitative estimate of drug-likeness (QED) is 0.636. The number of hydrogen-bond acceptors (Lipinski definition) is 2. The highest BCUT2D eigenvalue weighted by atomic mass is 15.3. The average Bonchev–Trinajstić information content (AvgIpc) is 3.18. The predicted octanol–water partition coefficient (Wildman–Crippen LogP) is 4.54. The molecule has 0 aliphatic carbocycles. The summed E-state index contributed by atoms with van der Waals surface area (Å²) in [7, 11) is 0. The molecule has 118 valence electrons. The van der Waals surface area contributed by atoms with E-state index in [9.17, 15) is 0 Å². The Bertz CT molecular complexity index is 406. The van der Waals surface area contributed by atoms with Crippen LogP contribution in [0.2, 0.25) is 0 Å². The van der Waals surface area contributed by atoms with Gasteiger partial charge < -0.3 is 0 Å². The van der Waals surface area contributed by atoms with Gasteiger partial charge in [-0.2, -0.15) is 10.2 Å². The number of nitrogens with zero attached hydrogens (tertiary/aromatic N) is 4. The van der Waals surface area contributed by atoms with Crippen molar-refractivity contribution in [1.29, 1.82) is 0 Å². The Morgan fingerprint density at radius 3 is 1.57 bits per heavy atom. The van der Waals surface area contributed by atoms with Crippen LogP contribution in [-0.2, 0) is 13.1 Å². The third-order valence-electron chi connectivity index (χ3n) is 3.35. The van der Waals surface area contributed by atoms with Crippen LogP contribution >= 0.6 is 0 Å². The lowest BCUT2D eigenvalue weighted by Crippen LogP contribution is -1.97. The van der Waals surface area contributed by atoms with E-state index in [0.717, 1.165) is 13.1 Å². The normalized spacial score (nSPS) is 10.2. The first-order chi connectivity index (χ1) is 10.4. The van der Waals surface area contributed by atoms with Crippen molar-refractivity contribution in [3.63, 3.8) is 0 Å². The molecule has 0 spiro atoms. The van der Waals surface area contributed by atoms with Gasteiger partial charge in [0.2, 0.25) is 0 Å². The summed E-state index contributed by atoms with van der Waals surface area (Å²) in [4.78, 5) is 0. The zero-order chi connectivity index (χ0) is 15.2. The summed E-state index contributed by atoms with van der Waals surface area (Å²) >= 11 is 0. The Kier molecular flexibility index (Phi) is 10.1. The fourth-order valence-corrected chi connectivity index (χ4v) is 2.09. The first-order valence-electron chi connectivity index (χ1n) is 8.31. The maximum atomic E-state index is 4.13. The minimum Gasteiger partial charge on any atom is -0.273 e. The summed E-state index contributed by atoms with van der Waals surface area (Å²) in [6, 6.07) is 3.94. The third-order valence-corrected chi connectivity index (χ3v) is 3.35. The summed E-state index contributed by atoms with van der Waals surface area (Å²) in [5.41, 5.74) is 0. The largest absolute Gasteiger partial charge is 0.273 e. The lowest BCUT2D eigenvalue weighted by atomic mass is 10.2. The summed E-state index contributed by atoms with van der Waals surface area (Å²) in [5, 5.41) is 8.24. The molecule has 21 heavy (non-hydrogen) atoms. The van der Waals surface area contributed by atoms with Crippen molar-refractivity contribution in [2.24, 2.45) is 0 Å². The molecule has 2 aromatic rings. The Morgan fingerprint density at radius 1 is 0.667 bits per heavy atom. The van der Waals surface area contributed by atoms with Gasteiger partial charge in [0.1, 0.15) is 0 Å². The summed E-state index contributed by atoms with van der Waals surface area (Å²) in [6.45, 7) is 6.59. The molecule has 0 N–H and O–H groups in total. The zero-order valence-electron chi connectivity index (χ0n) is 13.6. The van der Waals surface area contributed by atoms with Crippen LogP contribution in [0, 0.1) is 0 Å². The van der Waals surface area contributed by atoms with Gasteiger partial charge in [-0.25, -0.2) is 0 Å². The van der Waals surface area contributed by atoms with Crippen molar-refractivity contribution in [1.82, 2.24) is 19.6 Å². The highest BCUT2D eigenvalue weighted by molar-refractivity contribution is 4.77. The van der Waals surface area contributed by atoms with Crippen LogP contribution in [0.5, 0.6) is 0 Å². The molecule has 0 amide bonds. The first kappa shape index (κ1) is 17.5. The number of aryl methyl sites for hydroxylation is 2. The molecule has 2 heterocycles. The van der Waals surface area contributed by atoms with E-state index in [1.807, 2.05) is 46.3 Å². The van der Waals surface area contributed by atoms with E-state index in [2.05, 4.69) is 24.0 Å². The average molecular weight is 290 g/mol. The van der Waals surface area contributed by atoms with E-state index >= 15 is 0 Å². The van der Waals surface area contributed by atoms with Crippen LogP contribution < -0.4 is 0 Å². The topological polar surface area (TPSA) is 35.6 Å². The van der Waals surface area contributed by atoms with Crippen molar-refractivity contribution >= 4 is 0 Å². The first-order valence-corrected chi connectivity index (χ1v) is 8.31. The van der Waals surface area contributed by atoms with Gasteiger partial charge in [-0.15, -0.1) is 0 Å². The van der Waals surface area contributed by atoms with Gasteiger partial charge in [-0.1, -0.05) is 46.0 Å². The summed E-state index contributed by atoms with van der Waals surface area (Å²) in [5.74, 6) is 0. The third kappa shape index (κ3) is 9.05. The molecule has 0 fully saturated rings. The van der Waals surface area contributed by atoms with E-state index < -0.39 is 0 Å². The maximum Gasteiger partial charge on any atom is 0.0489 e. The molecular formula is C17H30N4. The van der Waals surface area contributed by atoms with Crippen molar-refractivity contribution in [2.45, 2.75) is 71.9 Å². The Balaban J connectivity index is 0.000000211. The van der Waals surface area contributed by atoms with Crippen LogP contribution in [0.1, 0.15) is 58.8 Å². The standard InChI is InChI=1S/C9H16N2.C8H14N2/c1-2-3-4-5-8-11-9-6-7-10-11;1-2-3-4-7-10-8-5-6-9-10/h6-7,9H,2-5,8H2,1H3;5-6,8H,2-4,7H2,1H3. The lowest BCUT2D eigenvalue weighted by molar-refractivity contribution is 0.541. The van der Waals surface area contributed by atoms with Crippen LogP contribution in [-0.4, -0.2) is 19.6 Å². The van der Waals surface area contributed by atoms with Gasteiger partial charge in [-0.05, 0) is 25.0 Å². The molecule has 0 aliphatic heterocycles. The predicted molar refractivity (Wildman–Crippen MR) is 88.1 cm³/mol. The molecule has 4 nitrogen and oxygen atoms in total. The second-order valence-corrected chi connectivity index (χ2v) is 5.31. The van der Waals surface area contributed by atoms with Crippen molar-refractivity contribution in [2.75, 3.05) is 0 Å². The van der Waals surface area contributed by atoms with Crippen molar-refractivity contribution in [3.05, 3.63) is 36.9 Å². The lowest BCUT2D eigenvalue weighted by Gasteiger charge is -1.99. The Hall–Kier alpha value is -1.58. The molecule has 0 saturated carbocycles. The van der Waals surface area contributed by atoms with Crippen molar-refractivity contribution in [3.8, 4) is 0 Å². The summed E-state index contributed by atoms with van der Waals surface area (Å²) in [6.07, 6.45) is 16.8. The molecule has 2 aromatic heterocycles. The van der Waals surface area contributed by atoms with E-state index in [1.54, 1.807) is 0 Å². The van der Waals surface area contributed by atoms with E-state index in [0.29, 0.717) is 0 Å². The minimum absolute atomic E-state index is 1.07. The number of hydrogen-bond donors (Lipinski definition) is 0. The van der Waals surface area contributed by atoms with Gasteiger partial charge in [0.05, 0.1) is 0 Å². The minimum atomic E-state index is 1.07. The molecule has 0 bridgehead atoms. The molecule has 0 aliphatic rings. The highest BCUT2D eigenvalue weighted by Crippen LogP contribution is 2.00. The summed E-state index contributed by atoms with van der Waals surface area (Å²) < 4.78 is 3.98. The molecule has 4 heteroatoms. The van der Waals surface area contributed by atoms with E-state index in [4.69, 9.17) is 0 Å². The smallest absolute Gasteiger partial charge is 0.0489 e. The Labute approximate surface area is 129 Å². The second kappa shape index (κ2) is 12.2. The van der Waals surface area contributed by atoms with Gasteiger partial charge in [0.25, 0.3) is 0 Å². The van der Waals surface area contributed by atoms with Crippen LogP contribution in [0.25, 0.3) is 0 Å². The fourth-order valence-electron chi connectivity index (χ4n) is 2.09. The SMILES string of the molecule is CCCCCCn1cccn1.CCCCCn1cccn1. The van der Waals surface area contributed by atoms with Gasteiger partial charge >= 0.3 is 0 Å². The molecule has 0 saturated heterocycles. The van der Waals surface area contributed by atoms with Crippen LogP contribution in [0.3, 0.4) is 0 Å². The van der Waals surface area contributed by atoms with Gasteiger partial charge in [0, 0.05) is 37.9 Å². The monoisotopic (exact) mass is 290 g/mol. The van der Waals surface area contributed by atoms with E-state index in [-0.39, 0.29) is 0 Å². The maximum absolute atomic E-state index is 4.13. The molecular weight excluding hydrogens is 260 g/mol. The molecule has 0 aromatic carbocycles.